The van der Waals surface area contributed by atoms with Crippen LogP contribution in [0.15, 0.2) is 30.5 Å². The number of aromatic nitrogens is 1. The summed E-state index contributed by atoms with van der Waals surface area (Å²) in [6, 6.07) is 7.09. The molecule has 2 aromatic rings. The van der Waals surface area contributed by atoms with Gasteiger partial charge in [-0.2, -0.15) is 0 Å². The first kappa shape index (κ1) is 15.9. The van der Waals surface area contributed by atoms with E-state index in [-0.39, 0.29) is 37.2 Å². The van der Waals surface area contributed by atoms with Crippen LogP contribution in [0.3, 0.4) is 0 Å². The van der Waals surface area contributed by atoms with Crippen LogP contribution in [-0.4, -0.2) is 34.3 Å². The Morgan fingerprint density at radius 1 is 1.25 bits per heavy atom. The number of hydrogen-bond donors (Lipinski definition) is 2. The van der Waals surface area contributed by atoms with Crippen LogP contribution in [0.25, 0.3) is 10.8 Å². The molecule has 7 heteroatoms. The van der Waals surface area contributed by atoms with Crippen molar-refractivity contribution < 1.29 is 14.4 Å². The van der Waals surface area contributed by atoms with Crippen LogP contribution in [0.5, 0.6) is 0 Å². The summed E-state index contributed by atoms with van der Waals surface area (Å²) in [6.07, 6.45) is 2.21. The molecule has 0 spiro atoms. The number of likely N-dealkylation sites (tertiary alicyclic amines) is 1. The third kappa shape index (κ3) is 3.19. The Balaban J connectivity index is 1.86. The lowest BCUT2D eigenvalue weighted by atomic mass is 10.1. The molecule has 1 fully saturated rings. The zero-order valence-corrected chi connectivity index (χ0v) is 13.3. The Hall–Kier alpha value is -2.96. The molecule has 0 aliphatic carbocycles. The fourth-order valence-electron chi connectivity index (χ4n) is 2.73. The number of nitrogens with zero attached hydrogens (tertiary/aromatic N) is 2. The van der Waals surface area contributed by atoms with Gasteiger partial charge in [-0.25, -0.2) is 9.78 Å². The Morgan fingerprint density at radius 3 is 2.71 bits per heavy atom. The molecule has 2 N–H and O–H groups in total. The van der Waals surface area contributed by atoms with Gasteiger partial charge in [-0.1, -0.05) is 18.2 Å². The van der Waals surface area contributed by atoms with Gasteiger partial charge in [0.1, 0.15) is 5.82 Å². The third-order valence-electron chi connectivity index (χ3n) is 3.92. The maximum Gasteiger partial charge on any atom is 0.320 e. The summed E-state index contributed by atoms with van der Waals surface area (Å²) in [5.41, 5.74) is 0.855. The maximum absolute atomic E-state index is 11.8. The lowest BCUT2D eigenvalue weighted by molar-refractivity contribution is -0.139. The molecule has 0 bridgehead atoms. The minimum atomic E-state index is -0.311. The van der Waals surface area contributed by atoms with Gasteiger partial charge < -0.3 is 5.32 Å². The highest BCUT2D eigenvalue weighted by Gasteiger charge is 2.29. The monoisotopic (exact) mass is 326 g/mol. The van der Waals surface area contributed by atoms with Crippen molar-refractivity contribution in [2.45, 2.75) is 26.3 Å². The zero-order valence-electron chi connectivity index (χ0n) is 13.3. The summed E-state index contributed by atoms with van der Waals surface area (Å²) in [5.74, 6) is 0.165. The highest BCUT2D eigenvalue weighted by molar-refractivity contribution is 6.02. The lowest BCUT2D eigenvalue weighted by Gasteiger charge is -2.15. The van der Waals surface area contributed by atoms with Gasteiger partial charge in [0, 0.05) is 31.0 Å². The summed E-state index contributed by atoms with van der Waals surface area (Å²) in [5, 5.41) is 7.04. The predicted octanol–water partition coefficient (Wildman–Crippen LogP) is 2.03. The van der Waals surface area contributed by atoms with E-state index in [1.54, 1.807) is 12.3 Å². The van der Waals surface area contributed by atoms with Gasteiger partial charge in [-0.05, 0) is 23.9 Å². The maximum atomic E-state index is 11.8. The van der Waals surface area contributed by atoms with Gasteiger partial charge >= 0.3 is 6.03 Å². The van der Waals surface area contributed by atoms with Crippen molar-refractivity contribution in [1.82, 2.24) is 15.2 Å². The van der Waals surface area contributed by atoms with Crippen LogP contribution in [-0.2, 0) is 16.1 Å². The number of urea groups is 1. The van der Waals surface area contributed by atoms with E-state index in [9.17, 15) is 14.4 Å². The zero-order chi connectivity index (χ0) is 17.1. The number of imide groups is 1. The fraction of sp³-hybridized carbons (Fsp3) is 0.294. The van der Waals surface area contributed by atoms with E-state index in [2.05, 4.69) is 15.6 Å². The second-order valence-electron chi connectivity index (χ2n) is 5.57. The minimum Gasteiger partial charge on any atom is -0.338 e. The van der Waals surface area contributed by atoms with Gasteiger partial charge in [0.15, 0.2) is 0 Å². The van der Waals surface area contributed by atoms with E-state index >= 15 is 0 Å². The first-order chi connectivity index (χ1) is 11.6. The Bertz CT molecular complexity index is 803. The number of hydrogen-bond acceptors (Lipinski definition) is 4. The molecule has 1 aliphatic heterocycles. The number of amides is 4. The molecular weight excluding hydrogens is 308 g/mol. The van der Waals surface area contributed by atoms with Crippen molar-refractivity contribution in [1.29, 1.82) is 0 Å². The molecule has 0 unspecified atom stereocenters. The molecule has 4 amide bonds. The second kappa shape index (κ2) is 6.66. The summed E-state index contributed by atoms with van der Waals surface area (Å²) in [6.45, 7) is 2.61. The number of pyridine rings is 1. The van der Waals surface area contributed by atoms with Gasteiger partial charge in [-0.3, -0.25) is 19.8 Å². The van der Waals surface area contributed by atoms with Gasteiger partial charge in [-0.15, -0.1) is 0 Å². The summed E-state index contributed by atoms with van der Waals surface area (Å²) in [7, 11) is 0. The second-order valence-corrected chi connectivity index (χ2v) is 5.57. The van der Waals surface area contributed by atoms with Crippen molar-refractivity contribution in [3.8, 4) is 0 Å². The van der Waals surface area contributed by atoms with Crippen LogP contribution < -0.4 is 10.6 Å². The predicted molar refractivity (Wildman–Crippen MR) is 89.2 cm³/mol. The van der Waals surface area contributed by atoms with E-state index in [4.69, 9.17) is 0 Å². The number of benzene rings is 1. The topological polar surface area (TPSA) is 91.4 Å². The highest BCUT2D eigenvalue weighted by atomic mass is 16.2. The van der Waals surface area contributed by atoms with E-state index in [1.807, 2.05) is 25.1 Å². The average molecular weight is 326 g/mol. The number of rotatable bonds is 4. The molecule has 1 aliphatic rings. The molecule has 24 heavy (non-hydrogen) atoms. The van der Waals surface area contributed by atoms with Crippen molar-refractivity contribution in [2.75, 3.05) is 11.9 Å². The number of anilines is 1. The lowest BCUT2D eigenvalue weighted by Crippen LogP contribution is -2.28. The standard InChI is InChI=1S/C17H18N4O3/c1-2-18-17(24)20-14-8-11-4-3-5-12(13(11)9-19-14)10-21-15(22)6-7-16(21)23/h3-5,8-9H,2,6-7,10H2,1H3,(H2,18,19,20,24). The van der Waals surface area contributed by atoms with Crippen molar-refractivity contribution in [3.05, 3.63) is 36.0 Å². The molecule has 0 radical (unpaired) electrons. The Labute approximate surface area is 139 Å². The summed E-state index contributed by atoms with van der Waals surface area (Å²) < 4.78 is 0. The molecule has 0 saturated carbocycles. The molecular formula is C17H18N4O3. The fourth-order valence-corrected chi connectivity index (χ4v) is 2.73. The third-order valence-corrected chi connectivity index (χ3v) is 3.92. The highest BCUT2D eigenvalue weighted by Crippen LogP contribution is 2.24. The van der Waals surface area contributed by atoms with Crippen molar-refractivity contribution in [2.24, 2.45) is 0 Å². The average Bonchev–Trinajstić information content (AvgIpc) is 2.87. The van der Waals surface area contributed by atoms with Crippen molar-refractivity contribution in [3.63, 3.8) is 0 Å². The Morgan fingerprint density at radius 2 is 2.00 bits per heavy atom. The number of carbonyl (C=O) groups excluding carboxylic acids is 3. The molecule has 2 heterocycles. The molecule has 1 aromatic heterocycles. The van der Waals surface area contributed by atoms with E-state index in [0.29, 0.717) is 12.4 Å². The first-order valence-corrected chi connectivity index (χ1v) is 7.84. The smallest absolute Gasteiger partial charge is 0.320 e. The Kier molecular flexibility index (Phi) is 4.41. The molecule has 1 aromatic carbocycles. The SMILES string of the molecule is CCNC(=O)Nc1cc2cccc(CN3C(=O)CCC3=O)c2cn1. The largest absolute Gasteiger partial charge is 0.338 e. The number of fused-ring (bicyclic) bond motifs is 1. The number of carbonyl (C=O) groups is 3. The minimum absolute atomic E-state index is 0.139. The molecule has 124 valence electrons. The van der Waals surface area contributed by atoms with E-state index in [0.717, 1.165) is 16.3 Å². The number of nitrogens with one attached hydrogen (secondary N) is 2. The van der Waals surface area contributed by atoms with E-state index in [1.165, 1.54) is 4.90 Å². The molecule has 7 nitrogen and oxygen atoms in total. The van der Waals surface area contributed by atoms with Crippen LogP contribution in [0.2, 0.25) is 0 Å². The van der Waals surface area contributed by atoms with Crippen LogP contribution in [0.1, 0.15) is 25.3 Å². The van der Waals surface area contributed by atoms with Gasteiger partial charge in [0.25, 0.3) is 0 Å². The van der Waals surface area contributed by atoms with Gasteiger partial charge in [0.05, 0.1) is 6.54 Å². The molecule has 0 atom stereocenters. The first-order valence-electron chi connectivity index (χ1n) is 7.84. The van der Waals surface area contributed by atoms with Crippen LogP contribution in [0, 0.1) is 0 Å². The normalized spacial score (nSPS) is 14.3. The summed E-state index contributed by atoms with van der Waals surface area (Å²) in [4.78, 5) is 40.7. The van der Waals surface area contributed by atoms with Gasteiger partial charge in [0.2, 0.25) is 11.8 Å². The van der Waals surface area contributed by atoms with Crippen LogP contribution >= 0.6 is 0 Å². The van der Waals surface area contributed by atoms with Crippen molar-refractivity contribution >= 4 is 34.4 Å². The molecule has 3 rings (SSSR count). The molecule has 1 saturated heterocycles. The summed E-state index contributed by atoms with van der Waals surface area (Å²) >= 11 is 0. The van der Waals surface area contributed by atoms with E-state index < -0.39 is 0 Å². The van der Waals surface area contributed by atoms with Crippen LogP contribution in [0.4, 0.5) is 10.6 Å². The quantitative estimate of drug-likeness (QED) is 0.841.